The molecule has 2 unspecified atom stereocenters. The Hall–Kier alpha value is -2.58. The van der Waals surface area contributed by atoms with Crippen LogP contribution in [0.15, 0.2) is 18.3 Å². The van der Waals surface area contributed by atoms with Gasteiger partial charge in [-0.25, -0.2) is 22.6 Å². The van der Waals surface area contributed by atoms with Crippen LogP contribution in [0.25, 0.3) is 11.3 Å². The van der Waals surface area contributed by atoms with E-state index < -0.39 is 65.5 Å². The van der Waals surface area contributed by atoms with E-state index >= 15 is 0 Å². The minimum atomic E-state index is -1.58. The molecule has 4 heterocycles. The standard InChI is InChI=1S/C25H30F3N3O7/c1-13(23(32)33-4)36-22-20(31-11-17(29-30-31)14-9-15(26)19(28)16(27)10-14)21-18(12-35-24(2,3)38-21)37-25(22)7-5-6-8-34-25/h9-11,13,18,20-22H,5-8,12H2,1-4H3/t13?,18-,20+,21+,22?,25+/m1/s1. The first-order valence-corrected chi connectivity index (χ1v) is 12.5. The number of aromatic nitrogens is 3. The van der Waals surface area contributed by atoms with Gasteiger partial charge in [-0.1, -0.05) is 5.21 Å². The molecule has 208 valence electrons. The molecule has 0 N–H and O–H groups in total. The Morgan fingerprint density at radius 3 is 2.55 bits per heavy atom. The van der Waals surface area contributed by atoms with Gasteiger partial charge in [0.05, 0.1) is 26.5 Å². The Kier molecular flexibility index (Phi) is 7.24. The van der Waals surface area contributed by atoms with Crippen molar-refractivity contribution in [3.05, 3.63) is 35.8 Å². The van der Waals surface area contributed by atoms with Crippen molar-refractivity contribution in [1.29, 1.82) is 0 Å². The SMILES string of the molecule is COC(=O)C(C)OC1[C@@H](n2cc(-c3cc(F)c(F)c(F)c3)nn2)[C@H]2OC(C)(C)OC[C@H]2O[C@@]12CCCCO2. The summed E-state index contributed by atoms with van der Waals surface area (Å²) in [4.78, 5) is 12.3. The zero-order valence-electron chi connectivity index (χ0n) is 21.5. The molecule has 5 rings (SSSR count). The van der Waals surface area contributed by atoms with Crippen LogP contribution in [0.2, 0.25) is 0 Å². The fourth-order valence-electron chi connectivity index (χ4n) is 5.24. The van der Waals surface area contributed by atoms with Crippen molar-refractivity contribution in [2.45, 2.75) is 82.1 Å². The van der Waals surface area contributed by atoms with Crippen molar-refractivity contribution in [1.82, 2.24) is 15.0 Å². The number of esters is 1. The van der Waals surface area contributed by atoms with Gasteiger partial charge in [0.1, 0.15) is 30.0 Å². The van der Waals surface area contributed by atoms with Gasteiger partial charge in [-0.05, 0) is 45.7 Å². The summed E-state index contributed by atoms with van der Waals surface area (Å²) in [6, 6.07) is 0.915. The molecule has 13 heteroatoms. The maximum absolute atomic E-state index is 13.9. The van der Waals surface area contributed by atoms with E-state index in [2.05, 4.69) is 10.3 Å². The van der Waals surface area contributed by atoms with Crippen LogP contribution in [0, 0.1) is 17.5 Å². The Bertz CT molecular complexity index is 1160. The van der Waals surface area contributed by atoms with Crippen molar-refractivity contribution < 1.29 is 46.4 Å². The maximum atomic E-state index is 13.9. The van der Waals surface area contributed by atoms with Gasteiger partial charge in [-0.2, -0.15) is 0 Å². The van der Waals surface area contributed by atoms with Gasteiger partial charge in [-0.3, -0.25) is 0 Å². The topological polar surface area (TPSA) is 103 Å². The molecule has 0 amide bonds. The first kappa shape index (κ1) is 27.0. The third kappa shape index (κ3) is 4.93. The fourth-order valence-corrected chi connectivity index (χ4v) is 5.24. The lowest BCUT2D eigenvalue weighted by molar-refractivity contribution is -0.418. The van der Waals surface area contributed by atoms with E-state index in [4.69, 9.17) is 28.4 Å². The van der Waals surface area contributed by atoms with E-state index in [1.807, 2.05) is 0 Å². The van der Waals surface area contributed by atoms with E-state index in [-0.39, 0.29) is 17.9 Å². The highest BCUT2D eigenvalue weighted by atomic mass is 19.2. The number of fused-ring (bicyclic) bond motifs is 1. The maximum Gasteiger partial charge on any atom is 0.334 e. The van der Waals surface area contributed by atoms with Crippen LogP contribution >= 0.6 is 0 Å². The zero-order valence-corrected chi connectivity index (χ0v) is 21.5. The highest BCUT2D eigenvalue weighted by molar-refractivity contribution is 5.74. The van der Waals surface area contributed by atoms with Gasteiger partial charge in [0.25, 0.3) is 0 Å². The van der Waals surface area contributed by atoms with E-state index in [0.717, 1.165) is 25.0 Å². The van der Waals surface area contributed by atoms with Gasteiger partial charge in [0.15, 0.2) is 35.1 Å². The third-order valence-corrected chi connectivity index (χ3v) is 7.06. The summed E-state index contributed by atoms with van der Waals surface area (Å²) >= 11 is 0. The van der Waals surface area contributed by atoms with Crippen molar-refractivity contribution in [3.8, 4) is 11.3 Å². The molecule has 1 aromatic heterocycles. The summed E-state index contributed by atoms with van der Waals surface area (Å²) in [6.07, 6.45) is 0.313. The number of hydrogen-bond acceptors (Lipinski definition) is 9. The predicted octanol–water partition coefficient (Wildman–Crippen LogP) is 3.30. The summed E-state index contributed by atoms with van der Waals surface area (Å²) in [5.74, 6) is -7.11. The monoisotopic (exact) mass is 541 g/mol. The molecule has 3 aliphatic rings. The number of benzene rings is 1. The first-order valence-electron chi connectivity index (χ1n) is 12.5. The van der Waals surface area contributed by atoms with E-state index in [9.17, 15) is 18.0 Å². The van der Waals surface area contributed by atoms with Crippen LogP contribution in [0.4, 0.5) is 13.2 Å². The van der Waals surface area contributed by atoms with Crippen LogP contribution in [0.1, 0.15) is 46.1 Å². The first-order chi connectivity index (χ1) is 18.0. The summed E-state index contributed by atoms with van der Waals surface area (Å²) in [5.41, 5.74) is 0.0871. The van der Waals surface area contributed by atoms with E-state index in [1.54, 1.807) is 20.8 Å². The fraction of sp³-hybridized carbons (Fsp3) is 0.640. The molecule has 0 radical (unpaired) electrons. The largest absolute Gasteiger partial charge is 0.467 e. The lowest BCUT2D eigenvalue weighted by atomic mass is 9.85. The second-order valence-corrected chi connectivity index (χ2v) is 10.1. The molecule has 0 saturated carbocycles. The van der Waals surface area contributed by atoms with E-state index in [0.29, 0.717) is 13.0 Å². The van der Waals surface area contributed by atoms with Crippen LogP contribution in [-0.2, 0) is 33.2 Å². The predicted molar refractivity (Wildman–Crippen MR) is 123 cm³/mol. The van der Waals surface area contributed by atoms with Crippen LogP contribution < -0.4 is 0 Å². The lowest BCUT2D eigenvalue weighted by Crippen LogP contribution is -2.69. The smallest absolute Gasteiger partial charge is 0.334 e. The Balaban J connectivity index is 1.60. The van der Waals surface area contributed by atoms with Crippen LogP contribution in [0.3, 0.4) is 0 Å². The Morgan fingerprint density at radius 1 is 1.16 bits per heavy atom. The van der Waals surface area contributed by atoms with Gasteiger partial charge >= 0.3 is 5.97 Å². The molecular formula is C25H30F3N3O7. The van der Waals surface area contributed by atoms with E-state index in [1.165, 1.54) is 18.0 Å². The van der Waals surface area contributed by atoms with Gasteiger partial charge in [-0.15, -0.1) is 5.10 Å². The zero-order chi connectivity index (χ0) is 27.2. The minimum Gasteiger partial charge on any atom is -0.467 e. The quantitative estimate of drug-likeness (QED) is 0.417. The number of carbonyl (C=O) groups is 1. The number of nitrogens with zero attached hydrogens (tertiary/aromatic N) is 3. The van der Waals surface area contributed by atoms with Gasteiger partial charge in [0.2, 0.25) is 0 Å². The third-order valence-electron chi connectivity index (χ3n) is 7.06. The van der Waals surface area contributed by atoms with Crippen molar-refractivity contribution in [2.75, 3.05) is 20.3 Å². The van der Waals surface area contributed by atoms with Crippen molar-refractivity contribution in [3.63, 3.8) is 0 Å². The normalized spacial score (nSPS) is 31.6. The van der Waals surface area contributed by atoms with Gasteiger partial charge in [0, 0.05) is 12.0 Å². The summed E-state index contributed by atoms with van der Waals surface area (Å²) in [7, 11) is 1.26. The molecule has 0 bridgehead atoms. The molecule has 0 aliphatic carbocycles. The molecular weight excluding hydrogens is 511 g/mol. The molecule has 3 saturated heterocycles. The number of carbonyl (C=O) groups excluding carboxylic acids is 1. The molecule has 1 aromatic carbocycles. The highest BCUT2D eigenvalue weighted by Crippen LogP contribution is 2.48. The summed E-state index contributed by atoms with van der Waals surface area (Å²) < 4.78 is 78.9. The molecule has 1 spiro atoms. The number of hydrogen-bond donors (Lipinski definition) is 0. The lowest BCUT2D eigenvalue weighted by Gasteiger charge is -2.56. The van der Waals surface area contributed by atoms with Gasteiger partial charge < -0.3 is 28.4 Å². The second kappa shape index (κ2) is 10.2. The number of methoxy groups -OCH3 is 1. The Labute approximate surface area is 217 Å². The minimum absolute atomic E-state index is 0.00601. The Morgan fingerprint density at radius 2 is 1.89 bits per heavy atom. The molecule has 10 nitrogen and oxygen atoms in total. The highest BCUT2D eigenvalue weighted by Gasteiger charge is 2.61. The number of ether oxygens (including phenoxy) is 6. The second-order valence-electron chi connectivity index (χ2n) is 10.1. The summed E-state index contributed by atoms with van der Waals surface area (Å²) in [6.45, 7) is 5.66. The molecule has 6 atom stereocenters. The van der Waals surface area contributed by atoms with Crippen LogP contribution in [-0.4, -0.2) is 77.3 Å². The molecule has 2 aromatic rings. The average molecular weight is 542 g/mol. The number of halogens is 3. The molecule has 3 aliphatic heterocycles. The molecule has 3 fully saturated rings. The average Bonchev–Trinajstić information content (AvgIpc) is 3.37. The van der Waals surface area contributed by atoms with Crippen LogP contribution in [0.5, 0.6) is 0 Å². The van der Waals surface area contributed by atoms with Crippen molar-refractivity contribution in [2.24, 2.45) is 0 Å². The molecule has 38 heavy (non-hydrogen) atoms. The van der Waals surface area contributed by atoms with Crippen molar-refractivity contribution >= 4 is 5.97 Å². The summed E-state index contributed by atoms with van der Waals surface area (Å²) in [5, 5.41) is 8.32. The number of rotatable bonds is 5.